The quantitative estimate of drug-likeness (QED) is 0.593. The van der Waals surface area contributed by atoms with Crippen LogP contribution in [0.25, 0.3) is 10.9 Å². The molecular formula is C13H14N4O5. The van der Waals surface area contributed by atoms with E-state index >= 15 is 0 Å². The molecule has 0 aliphatic rings. The molecule has 1 aromatic carbocycles. The van der Waals surface area contributed by atoms with Crippen molar-refractivity contribution in [3.8, 4) is 0 Å². The van der Waals surface area contributed by atoms with Crippen LogP contribution in [0.2, 0.25) is 0 Å². The smallest absolute Gasteiger partial charge is 0.275 e. The van der Waals surface area contributed by atoms with E-state index < -0.39 is 16.3 Å². The molecular weight excluding hydrogens is 292 g/mol. The summed E-state index contributed by atoms with van der Waals surface area (Å²) in [5, 5.41) is 25.9. The van der Waals surface area contributed by atoms with Gasteiger partial charge in [0.25, 0.3) is 11.6 Å². The highest BCUT2D eigenvalue weighted by molar-refractivity contribution is 5.95. The Labute approximate surface area is 124 Å². The van der Waals surface area contributed by atoms with Gasteiger partial charge in [-0.2, -0.15) is 5.10 Å². The van der Waals surface area contributed by atoms with Crippen molar-refractivity contribution in [1.82, 2.24) is 15.1 Å². The van der Waals surface area contributed by atoms with E-state index in [2.05, 4.69) is 10.4 Å². The number of aliphatic hydroxyl groups is 1. The number of amides is 1. The zero-order valence-corrected chi connectivity index (χ0v) is 11.8. The Balaban J connectivity index is 2.68. The molecule has 0 aliphatic heterocycles. The van der Waals surface area contributed by atoms with Crippen molar-refractivity contribution in [3.63, 3.8) is 0 Å². The van der Waals surface area contributed by atoms with E-state index in [0.29, 0.717) is 12.1 Å². The van der Waals surface area contributed by atoms with Gasteiger partial charge in [-0.1, -0.05) is 0 Å². The molecule has 0 bridgehead atoms. The van der Waals surface area contributed by atoms with Crippen LogP contribution < -0.4 is 10.7 Å². The number of hydrogen-bond donors (Lipinski definition) is 2. The molecule has 2 rings (SSSR count). The minimum Gasteiger partial charge on any atom is -0.395 e. The predicted octanol–water partition coefficient (Wildman–Crippen LogP) is 0.0467. The number of carbonyl (C=O) groups excluding carboxylic acids is 1. The van der Waals surface area contributed by atoms with Crippen LogP contribution in [0.5, 0.6) is 0 Å². The normalized spacial score (nSPS) is 10.6. The number of aryl methyl sites for hydroxylation is 1. The first-order chi connectivity index (χ1) is 10.5. The van der Waals surface area contributed by atoms with Crippen LogP contribution in [0, 0.1) is 10.1 Å². The maximum atomic E-state index is 12.4. The second-order valence-electron chi connectivity index (χ2n) is 4.43. The van der Waals surface area contributed by atoms with Crippen molar-refractivity contribution < 1.29 is 14.8 Å². The summed E-state index contributed by atoms with van der Waals surface area (Å²) in [5.41, 5.74) is -0.862. The fourth-order valence-corrected chi connectivity index (χ4v) is 2.03. The lowest BCUT2D eigenvalue weighted by Crippen LogP contribution is -2.33. The van der Waals surface area contributed by atoms with Crippen LogP contribution in [-0.4, -0.2) is 38.9 Å². The van der Waals surface area contributed by atoms with Gasteiger partial charge < -0.3 is 10.4 Å². The zero-order chi connectivity index (χ0) is 16.3. The zero-order valence-electron chi connectivity index (χ0n) is 11.8. The van der Waals surface area contributed by atoms with Crippen LogP contribution in [0.4, 0.5) is 5.69 Å². The van der Waals surface area contributed by atoms with Crippen molar-refractivity contribution in [2.45, 2.75) is 13.5 Å². The van der Waals surface area contributed by atoms with Gasteiger partial charge in [0.2, 0.25) is 5.43 Å². The van der Waals surface area contributed by atoms with Gasteiger partial charge in [-0.15, -0.1) is 0 Å². The summed E-state index contributed by atoms with van der Waals surface area (Å²) in [4.78, 5) is 34.5. The number of rotatable bonds is 5. The summed E-state index contributed by atoms with van der Waals surface area (Å²) >= 11 is 0. The molecule has 9 nitrogen and oxygen atoms in total. The van der Waals surface area contributed by atoms with E-state index in [4.69, 9.17) is 5.11 Å². The van der Waals surface area contributed by atoms with Crippen LogP contribution >= 0.6 is 0 Å². The van der Waals surface area contributed by atoms with Crippen LogP contribution in [0.3, 0.4) is 0 Å². The number of nitrogens with zero attached hydrogens (tertiary/aromatic N) is 3. The second kappa shape index (κ2) is 6.31. The lowest BCUT2D eigenvalue weighted by molar-refractivity contribution is -0.384. The third-order valence-corrected chi connectivity index (χ3v) is 3.06. The number of aromatic nitrogens is 2. The fourth-order valence-electron chi connectivity index (χ4n) is 2.03. The third kappa shape index (κ3) is 2.79. The molecule has 2 N–H and O–H groups in total. The summed E-state index contributed by atoms with van der Waals surface area (Å²) in [6.45, 7) is 1.87. The molecule has 9 heteroatoms. The van der Waals surface area contributed by atoms with Crippen LogP contribution in [0.1, 0.15) is 17.4 Å². The van der Waals surface area contributed by atoms with Crippen LogP contribution in [-0.2, 0) is 6.54 Å². The molecule has 1 amide bonds. The number of hydrogen-bond acceptors (Lipinski definition) is 6. The Morgan fingerprint density at radius 3 is 2.82 bits per heavy atom. The molecule has 0 aliphatic carbocycles. The molecule has 0 spiro atoms. The molecule has 0 fully saturated rings. The highest BCUT2D eigenvalue weighted by Gasteiger charge is 2.18. The molecule has 22 heavy (non-hydrogen) atoms. The Bertz CT molecular complexity index is 799. The lowest BCUT2D eigenvalue weighted by atomic mass is 10.1. The summed E-state index contributed by atoms with van der Waals surface area (Å²) in [6.07, 6.45) is 0. The van der Waals surface area contributed by atoms with Gasteiger partial charge in [0.15, 0.2) is 5.69 Å². The summed E-state index contributed by atoms with van der Waals surface area (Å²) in [7, 11) is 0. The van der Waals surface area contributed by atoms with Gasteiger partial charge in [0, 0.05) is 25.2 Å². The van der Waals surface area contributed by atoms with Gasteiger partial charge in [0.1, 0.15) is 0 Å². The summed E-state index contributed by atoms with van der Waals surface area (Å²) in [6, 6.07) is 3.84. The van der Waals surface area contributed by atoms with Crippen LogP contribution in [0.15, 0.2) is 23.0 Å². The average molecular weight is 306 g/mol. The monoisotopic (exact) mass is 306 g/mol. The Morgan fingerprint density at radius 2 is 2.23 bits per heavy atom. The molecule has 1 aromatic heterocycles. The van der Waals surface area contributed by atoms with E-state index in [9.17, 15) is 19.7 Å². The molecule has 0 radical (unpaired) electrons. The Morgan fingerprint density at radius 1 is 1.50 bits per heavy atom. The molecule has 0 atom stereocenters. The number of non-ortho nitro benzene ring substituents is 1. The highest BCUT2D eigenvalue weighted by Crippen LogP contribution is 2.18. The minimum atomic E-state index is -0.727. The number of nitro benzene ring substituents is 1. The summed E-state index contributed by atoms with van der Waals surface area (Å²) < 4.78 is 1.42. The van der Waals surface area contributed by atoms with Gasteiger partial charge >= 0.3 is 0 Å². The predicted molar refractivity (Wildman–Crippen MR) is 77.8 cm³/mol. The van der Waals surface area contributed by atoms with E-state index in [1.165, 1.54) is 16.8 Å². The molecule has 1 heterocycles. The first-order valence-electron chi connectivity index (χ1n) is 6.58. The van der Waals surface area contributed by atoms with Crippen molar-refractivity contribution in [2.24, 2.45) is 0 Å². The fraction of sp³-hybridized carbons (Fsp3) is 0.308. The Kier molecular flexibility index (Phi) is 4.47. The van der Waals surface area contributed by atoms with Gasteiger partial charge in [-0.25, -0.2) is 0 Å². The molecule has 2 aromatic rings. The van der Waals surface area contributed by atoms with Gasteiger partial charge in [0.05, 0.1) is 22.4 Å². The molecule has 0 saturated heterocycles. The molecule has 0 unspecified atom stereocenters. The maximum absolute atomic E-state index is 12.4. The van der Waals surface area contributed by atoms with E-state index in [1.54, 1.807) is 6.92 Å². The van der Waals surface area contributed by atoms with Crippen molar-refractivity contribution in [3.05, 3.63) is 44.2 Å². The number of nitro groups is 1. The number of fused-ring (bicyclic) bond motifs is 1. The first-order valence-corrected chi connectivity index (χ1v) is 6.58. The summed E-state index contributed by atoms with van der Waals surface area (Å²) in [5.74, 6) is -0.727. The van der Waals surface area contributed by atoms with E-state index in [0.717, 1.165) is 6.07 Å². The average Bonchev–Trinajstić information content (AvgIpc) is 2.52. The molecule has 0 saturated carbocycles. The third-order valence-electron chi connectivity index (χ3n) is 3.06. The number of aliphatic hydroxyl groups excluding tert-OH is 1. The Hall–Kier alpha value is -2.81. The highest BCUT2D eigenvalue weighted by atomic mass is 16.6. The second-order valence-corrected chi connectivity index (χ2v) is 4.43. The number of nitrogens with one attached hydrogen (secondary N) is 1. The first kappa shape index (κ1) is 15.6. The van der Waals surface area contributed by atoms with Crippen molar-refractivity contribution in [1.29, 1.82) is 0 Å². The largest absolute Gasteiger partial charge is 0.395 e. The number of carbonyl (C=O) groups is 1. The number of benzene rings is 1. The lowest BCUT2D eigenvalue weighted by Gasteiger charge is -2.10. The van der Waals surface area contributed by atoms with Crippen molar-refractivity contribution >= 4 is 22.5 Å². The van der Waals surface area contributed by atoms with Gasteiger partial charge in [-0.05, 0) is 13.0 Å². The SMILES string of the molecule is CCn1nc(C(=O)NCCO)c(=O)c2cc([N+](=O)[O-])ccc21. The van der Waals surface area contributed by atoms with E-state index in [-0.39, 0.29) is 29.9 Å². The topological polar surface area (TPSA) is 127 Å². The van der Waals surface area contributed by atoms with E-state index in [1.807, 2.05) is 0 Å². The standard InChI is InChI=1S/C13H14N4O5/c1-2-16-10-4-3-8(17(21)22)7-9(10)12(19)11(15-16)13(20)14-5-6-18/h3-4,7,18H,2,5-6H2,1H3,(H,14,20). The minimum absolute atomic E-state index is 0.0148. The maximum Gasteiger partial charge on any atom is 0.275 e. The molecule has 116 valence electrons. The van der Waals surface area contributed by atoms with Gasteiger partial charge in [-0.3, -0.25) is 24.4 Å². The van der Waals surface area contributed by atoms with Crippen molar-refractivity contribution in [2.75, 3.05) is 13.2 Å².